The number of Topliss-reactive ketones (excluding diaryl/α,β-unsaturated/α-hetero) is 1. The lowest BCUT2D eigenvalue weighted by Gasteiger charge is -2.25. The van der Waals surface area contributed by atoms with E-state index >= 15 is 0 Å². The molecule has 2 aromatic rings. The highest BCUT2D eigenvalue weighted by molar-refractivity contribution is 6.46. The standard InChI is InChI=1S/C28H33NO6/c1-4-5-6-13-34-22-9-7-8-19(17-22)25-24(27(31)28(32)29(25)12-14-33-3)26(30)20-10-11-23-21(16-20)15-18(2)35-23/h7-11,16-18,25,30H,4-6,12-15H2,1-3H3/b26-24+/t18-,25-/m1/s1. The Labute approximate surface area is 206 Å². The molecule has 0 unspecified atom stereocenters. The monoisotopic (exact) mass is 479 g/mol. The molecule has 1 saturated heterocycles. The fourth-order valence-corrected chi connectivity index (χ4v) is 4.69. The number of benzene rings is 2. The molecule has 1 amide bonds. The summed E-state index contributed by atoms with van der Waals surface area (Å²) in [5.74, 6) is -0.104. The second kappa shape index (κ2) is 11.0. The van der Waals surface area contributed by atoms with E-state index in [1.54, 1.807) is 19.2 Å². The molecule has 2 aromatic carbocycles. The molecular formula is C28H33NO6. The number of carbonyl (C=O) groups is 2. The highest BCUT2D eigenvalue weighted by Gasteiger charge is 2.46. The first-order valence-corrected chi connectivity index (χ1v) is 12.2. The van der Waals surface area contributed by atoms with Gasteiger partial charge in [0.2, 0.25) is 0 Å². The number of unbranched alkanes of at least 4 members (excludes halogenated alkanes) is 2. The number of hydrogen-bond acceptors (Lipinski definition) is 6. The minimum atomic E-state index is -0.743. The number of nitrogens with zero attached hydrogens (tertiary/aromatic N) is 1. The van der Waals surface area contributed by atoms with Crippen LogP contribution in [0.1, 0.15) is 55.8 Å². The second-order valence-electron chi connectivity index (χ2n) is 9.07. The van der Waals surface area contributed by atoms with E-state index in [2.05, 4.69) is 6.92 Å². The maximum Gasteiger partial charge on any atom is 0.295 e. The molecule has 186 valence electrons. The number of rotatable bonds is 10. The smallest absolute Gasteiger partial charge is 0.295 e. The van der Waals surface area contributed by atoms with Gasteiger partial charge in [-0.2, -0.15) is 0 Å². The lowest BCUT2D eigenvalue weighted by Crippen LogP contribution is -2.32. The quantitative estimate of drug-likeness (QED) is 0.231. The van der Waals surface area contributed by atoms with Crippen LogP contribution in [0.25, 0.3) is 5.76 Å². The Morgan fingerprint density at radius 1 is 1.14 bits per heavy atom. The minimum absolute atomic E-state index is 0.0575. The maximum absolute atomic E-state index is 13.2. The number of ether oxygens (including phenoxy) is 3. The third-order valence-corrected chi connectivity index (χ3v) is 6.44. The zero-order valence-corrected chi connectivity index (χ0v) is 20.6. The lowest BCUT2D eigenvalue weighted by atomic mass is 9.94. The third kappa shape index (κ3) is 5.20. The molecule has 1 fully saturated rings. The number of ketones is 1. The van der Waals surface area contributed by atoms with Crippen LogP contribution in [0, 0.1) is 0 Å². The van der Waals surface area contributed by atoms with Gasteiger partial charge in [0.1, 0.15) is 23.4 Å². The normalized spacial score (nSPS) is 20.7. The van der Waals surface area contributed by atoms with Crippen LogP contribution in [0.3, 0.4) is 0 Å². The summed E-state index contributed by atoms with van der Waals surface area (Å²) in [5.41, 5.74) is 2.23. The van der Waals surface area contributed by atoms with E-state index in [9.17, 15) is 14.7 Å². The summed E-state index contributed by atoms with van der Waals surface area (Å²) in [7, 11) is 1.55. The van der Waals surface area contributed by atoms with Gasteiger partial charge in [-0.1, -0.05) is 31.9 Å². The third-order valence-electron chi connectivity index (χ3n) is 6.44. The number of fused-ring (bicyclic) bond motifs is 1. The molecule has 0 spiro atoms. The molecule has 2 aliphatic heterocycles. The molecule has 2 atom stereocenters. The average molecular weight is 480 g/mol. The summed E-state index contributed by atoms with van der Waals surface area (Å²) >= 11 is 0. The van der Waals surface area contributed by atoms with Crippen molar-refractivity contribution in [3.63, 3.8) is 0 Å². The van der Waals surface area contributed by atoms with Crippen molar-refractivity contribution in [3.05, 3.63) is 64.7 Å². The van der Waals surface area contributed by atoms with Gasteiger partial charge in [-0.15, -0.1) is 0 Å². The Hall–Kier alpha value is -3.32. The predicted octanol–water partition coefficient (Wildman–Crippen LogP) is 4.65. The van der Waals surface area contributed by atoms with E-state index < -0.39 is 17.7 Å². The summed E-state index contributed by atoms with van der Waals surface area (Å²) in [6, 6.07) is 12.0. The molecule has 1 N–H and O–H groups in total. The van der Waals surface area contributed by atoms with Crippen molar-refractivity contribution in [2.45, 2.75) is 51.7 Å². The van der Waals surface area contributed by atoms with Gasteiger partial charge in [0.05, 0.1) is 24.8 Å². The zero-order chi connectivity index (χ0) is 24.9. The zero-order valence-electron chi connectivity index (χ0n) is 20.6. The SMILES string of the molecule is CCCCCOc1cccc([C@@H]2/C(=C(\O)c3ccc4c(c3)C[C@@H](C)O4)C(=O)C(=O)N2CCOC)c1. The van der Waals surface area contributed by atoms with Crippen LogP contribution in [0.4, 0.5) is 0 Å². The van der Waals surface area contributed by atoms with Crippen molar-refractivity contribution >= 4 is 17.4 Å². The van der Waals surface area contributed by atoms with Gasteiger partial charge in [0.25, 0.3) is 11.7 Å². The molecule has 0 aromatic heterocycles. The van der Waals surface area contributed by atoms with Gasteiger partial charge in [0, 0.05) is 25.6 Å². The Morgan fingerprint density at radius 3 is 2.74 bits per heavy atom. The topological polar surface area (TPSA) is 85.3 Å². The van der Waals surface area contributed by atoms with Gasteiger partial charge in [-0.3, -0.25) is 9.59 Å². The average Bonchev–Trinajstić information content (AvgIpc) is 3.35. The fraction of sp³-hybridized carbons (Fsp3) is 0.429. The number of hydrogen-bond donors (Lipinski definition) is 1. The molecule has 0 radical (unpaired) electrons. The van der Waals surface area contributed by atoms with E-state index in [1.807, 2.05) is 37.3 Å². The van der Waals surface area contributed by atoms with Crippen LogP contribution in [-0.4, -0.2) is 54.7 Å². The number of aliphatic hydroxyl groups excluding tert-OH is 1. The van der Waals surface area contributed by atoms with Crippen molar-refractivity contribution in [2.24, 2.45) is 0 Å². The molecule has 4 rings (SSSR count). The highest BCUT2D eigenvalue weighted by Crippen LogP contribution is 2.41. The van der Waals surface area contributed by atoms with E-state index in [1.165, 1.54) is 4.90 Å². The molecular weight excluding hydrogens is 446 g/mol. The van der Waals surface area contributed by atoms with E-state index in [-0.39, 0.29) is 30.6 Å². The predicted molar refractivity (Wildman–Crippen MR) is 133 cm³/mol. The first-order chi connectivity index (χ1) is 16.9. The minimum Gasteiger partial charge on any atom is -0.507 e. The first-order valence-electron chi connectivity index (χ1n) is 12.2. The van der Waals surface area contributed by atoms with E-state index in [0.717, 1.165) is 37.0 Å². The van der Waals surface area contributed by atoms with Crippen molar-refractivity contribution < 1.29 is 28.9 Å². The summed E-state index contributed by atoms with van der Waals surface area (Å²) in [4.78, 5) is 27.7. The lowest BCUT2D eigenvalue weighted by molar-refractivity contribution is -0.140. The van der Waals surface area contributed by atoms with Crippen LogP contribution in [0.5, 0.6) is 11.5 Å². The summed E-state index contributed by atoms with van der Waals surface area (Å²) in [5, 5.41) is 11.3. The van der Waals surface area contributed by atoms with Crippen LogP contribution < -0.4 is 9.47 Å². The molecule has 0 bridgehead atoms. The Kier molecular flexibility index (Phi) is 7.76. The number of amides is 1. The maximum atomic E-state index is 13.2. The second-order valence-corrected chi connectivity index (χ2v) is 9.07. The summed E-state index contributed by atoms with van der Waals surface area (Å²) in [6.07, 6.45) is 3.92. The first kappa shape index (κ1) is 24.8. The molecule has 35 heavy (non-hydrogen) atoms. The highest BCUT2D eigenvalue weighted by atomic mass is 16.5. The van der Waals surface area contributed by atoms with Gasteiger partial charge >= 0.3 is 0 Å². The van der Waals surface area contributed by atoms with Gasteiger partial charge in [0.15, 0.2) is 0 Å². The Bertz CT molecular complexity index is 1120. The van der Waals surface area contributed by atoms with Crippen LogP contribution in [-0.2, 0) is 20.7 Å². The van der Waals surface area contributed by atoms with Crippen molar-refractivity contribution in [2.75, 3.05) is 26.9 Å². The largest absolute Gasteiger partial charge is 0.507 e. The number of carbonyl (C=O) groups excluding carboxylic acids is 2. The molecule has 2 heterocycles. The summed E-state index contributed by atoms with van der Waals surface area (Å²) < 4.78 is 16.9. The Balaban J connectivity index is 1.73. The van der Waals surface area contributed by atoms with Crippen molar-refractivity contribution in [3.8, 4) is 11.5 Å². The van der Waals surface area contributed by atoms with E-state index in [0.29, 0.717) is 23.5 Å². The van der Waals surface area contributed by atoms with Crippen molar-refractivity contribution in [1.29, 1.82) is 0 Å². The van der Waals surface area contributed by atoms with E-state index in [4.69, 9.17) is 14.2 Å². The molecule has 7 heteroatoms. The van der Waals surface area contributed by atoms with Crippen LogP contribution in [0.15, 0.2) is 48.0 Å². The fourth-order valence-electron chi connectivity index (χ4n) is 4.69. The molecule has 7 nitrogen and oxygen atoms in total. The molecule has 0 saturated carbocycles. The molecule has 0 aliphatic carbocycles. The number of methoxy groups -OCH3 is 1. The van der Waals surface area contributed by atoms with Crippen LogP contribution in [0.2, 0.25) is 0 Å². The Morgan fingerprint density at radius 2 is 1.97 bits per heavy atom. The van der Waals surface area contributed by atoms with Gasteiger partial charge in [-0.05, 0) is 54.8 Å². The van der Waals surface area contributed by atoms with Gasteiger partial charge in [-0.25, -0.2) is 0 Å². The van der Waals surface area contributed by atoms with Crippen molar-refractivity contribution in [1.82, 2.24) is 4.90 Å². The number of aliphatic hydroxyl groups is 1. The van der Waals surface area contributed by atoms with Gasteiger partial charge < -0.3 is 24.2 Å². The van der Waals surface area contributed by atoms with Crippen LogP contribution >= 0.6 is 0 Å². The number of likely N-dealkylation sites (tertiary alicyclic amines) is 1. The molecule has 2 aliphatic rings. The summed E-state index contributed by atoms with van der Waals surface area (Å²) in [6.45, 7) is 5.21.